The van der Waals surface area contributed by atoms with Gasteiger partial charge < -0.3 is 4.74 Å². The van der Waals surface area contributed by atoms with E-state index in [-0.39, 0.29) is 5.97 Å². The number of fused-ring (bicyclic) bond motifs is 2. The Morgan fingerprint density at radius 1 is 1.14 bits per heavy atom. The number of pyridine rings is 1. The lowest BCUT2D eigenvalue weighted by atomic mass is 9.97. The largest absolute Gasteiger partial charge is 0.469 e. The first-order valence-electron chi connectivity index (χ1n) is 7.15. The number of ether oxygens (including phenoxy) is 1. The standard InChI is InChI=1S/C18H16INO2/c1-11-17-12(9-10-16(21)22-2)5-3-7-14(17)20-15-8-4-6-13(19)18(11)15/h3-8H,9-10H2,1-2H3. The minimum absolute atomic E-state index is 0.182. The van der Waals surface area contributed by atoms with Crippen molar-refractivity contribution in [3.05, 3.63) is 51.1 Å². The number of aryl methyl sites for hydroxylation is 2. The summed E-state index contributed by atoms with van der Waals surface area (Å²) in [5, 5.41) is 2.35. The zero-order chi connectivity index (χ0) is 15.7. The first-order chi connectivity index (χ1) is 10.6. The summed E-state index contributed by atoms with van der Waals surface area (Å²) in [7, 11) is 1.42. The fraction of sp³-hybridized carbons (Fsp3) is 0.222. The lowest BCUT2D eigenvalue weighted by Gasteiger charge is -2.12. The Labute approximate surface area is 142 Å². The van der Waals surface area contributed by atoms with E-state index in [4.69, 9.17) is 9.72 Å². The fourth-order valence-electron chi connectivity index (χ4n) is 2.89. The fourth-order valence-corrected chi connectivity index (χ4v) is 3.78. The average molecular weight is 405 g/mol. The molecule has 3 nitrogen and oxygen atoms in total. The summed E-state index contributed by atoms with van der Waals surface area (Å²) in [6, 6.07) is 12.3. The van der Waals surface area contributed by atoms with Gasteiger partial charge in [-0.2, -0.15) is 0 Å². The molecule has 0 spiro atoms. The Morgan fingerprint density at radius 2 is 1.82 bits per heavy atom. The first-order valence-corrected chi connectivity index (χ1v) is 8.23. The number of nitrogens with zero attached hydrogens (tertiary/aromatic N) is 1. The van der Waals surface area contributed by atoms with Crippen LogP contribution in [0.2, 0.25) is 0 Å². The summed E-state index contributed by atoms with van der Waals surface area (Å²) >= 11 is 2.35. The average Bonchev–Trinajstić information content (AvgIpc) is 2.52. The van der Waals surface area contributed by atoms with Crippen molar-refractivity contribution in [1.29, 1.82) is 0 Å². The molecule has 0 bridgehead atoms. The van der Waals surface area contributed by atoms with Crippen molar-refractivity contribution in [2.75, 3.05) is 7.11 Å². The van der Waals surface area contributed by atoms with Crippen molar-refractivity contribution in [1.82, 2.24) is 4.98 Å². The van der Waals surface area contributed by atoms with Gasteiger partial charge in [0.05, 0.1) is 18.1 Å². The molecule has 2 aromatic carbocycles. The maximum atomic E-state index is 11.4. The van der Waals surface area contributed by atoms with Gasteiger partial charge in [-0.05, 0) is 65.3 Å². The third-order valence-corrected chi connectivity index (χ3v) is 4.84. The van der Waals surface area contributed by atoms with Gasteiger partial charge in [0.2, 0.25) is 0 Å². The van der Waals surface area contributed by atoms with E-state index >= 15 is 0 Å². The van der Waals surface area contributed by atoms with Crippen LogP contribution in [-0.4, -0.2) is 18.1 Å². The van der Waals surface area contributed by atoms with E-state index in [1.165, 1.54) is 21.6 Å². The highest BCUT2D eigenvalue weighted by Gasteiger charge is 2.12. The van der Waals surface area contributed by atoms with Gasteiger partial charge in [-0.1, -0.05) is 18.2 Å². The predicted octanol–water partition coefficient (Wildman–Crippen LogP) is 4.41. The molecule has 0 unspecified atom stereocenters. The molecule has 0 saturated heterocycles. The molecule has 0 aliphatic heterocycles. The normalized spacial score (nSPS) is 11.0. The quantitative estimate of drug-likeness (QED) is 0.368. The summed E-state index contributed by atoms with van der Waals surface area (Å²) in [5.74, 6) is -0.182. The van der Waals surface area contributed by atoms with Gasteiger partial charge in [0.1, 0.15) is 0 Å². The van der Waals surface area contributed by atoms with Crippen LogP contribution in [0.5, 0.6) is 0 Å². The second kappa shape index (κ2) is 6.20. The monoisotopic (exact) mass is 405 g/mol. The highest BCUT2D eigenvalue weighted by Crippen LogP contribution is 2.31. The maximum Gasteiger partial charge on any atom is 0.305 e. The van der Waals surface area contributed by atoms with Crippen molar-refractivity contribution in [2.24, 2.45) is 0 Å². The SMILES string of the molecule is COC(=O)CCc1cccc2nc3cccc(I)c3c(C)c12. The molecule has 3 rings (SSSR count). The highest BCUT2D eigenvalue weighted by atomic mass is 127. The zero-order valence-corrected chi connectivity index (χ0v) is 14.7. The van der Waals surface area contributed by atoms with Crippen LogP contribution in [0.1, 0.15) is 17.5 Å². The number of aromatic nitrogens is 1. The molecule has 1 aromatic heterocycles. The van der Waals surface area contributed by atoms with Crippen LogP contribution >= 0.6 is 22.6 Å². The van der Waals surface area contributed by atoms with E-state index in [0.29, 0.717) is 12.8 Å². The highest BCUT2D eigenvalue weighted by molar-refractivity contribution is 14.1. The molecule has 1 heterocycles. The van der Waals surface area contributed by atoms with Crippen molar-refractivity contribution >= 4 is 50.4 Å². The summed E-state index contributed by atoms with van der Waals surface area (Å²) < 4.78 is 5.95. The van der Waals surface area contributed by atoms with Crippen LogP contribution in [0, 0.1) is 10.5 Å². The van der Waals surface area contributed by atoms with Gasteiger partial charge in [0.25, 0.3) is 0 Å². The second-order valence-electron chi connectivity index (χ2n) is 5.26. The molecule has 3 aromatic rings. The third kappa shape index (κ3) is 2.67. The van der Waals surface area contributed by atoms with Gasteiger partial charge in [-0.25, -0.2) is 4.98 Å². The molecule has 4 heteroatoms. The van der Waals surface area contributed by atoms with Crippen molar-refractivity contribution in [2.45, 2.75) is 19.8 Å². The third-order valence-electron chi connectivity index (χ3n) is 3.94. The van der Waals surface area contributed by atoms with E-state index in [9.17, 15) is 4.79 Å². The number of esters is 1. The molecule has 0 saturated carbocycles. The number of benzene rings is 2. The Bertz CT molecular complexity index is 874. The smallest absolute Gasteiger partial charge is 0.305 e. The Morgan fingerprint density at radius 3 is 2.55 bits per heavy atom. The molecular formula is C18H16INO2. The summed E-state index contributed by atoms with van der Waals surface area (Å²) in [5.41, 5.74) is 4.37. The first kappa shape index (κ1) is 15.2. The molecule has 0 radical (unpaired) electrons. The predicted molar refractivity (Wildman–Crippen MR) is 97.0 cm³/mol. The van der Waals surface area contributed by atoms with Crippen LogP contribution in [-0.2, 0) is 16.0 Å². The summed E-state index contributed by atoms with van der Waals surface area (Å²) in [6.45, 7) is 2.14. The van der Waals surface area contributed by atoms with E-state index in [1.54, 1.807) is 0 Å². The summed E-state index contributed by atoms with van der Waals surface area (Å²) in [6.07, 6.45) is 1.06. The van der Waals surface area contributed by atoms with Gasteiger partial charge in [0.15, 0.2) is 0 Å². The lowest BCUT2D eigenvalue weighted by molar-refractivity contribution is -0.140. The Hall–Kier alpha value is -1.69. The molecule has 0 aliphatic carbocycles. The number of carbonyl (C=O) groups is 1. The molecule has 22 heavy (non-hydrogen) atoms. The molecule has 0 amide bonds. The molecular weight excluding hydrogens is 389 g/mol. The van der Waals surface area contributed by atoms with Crippen LogP contribution in [0.4, 0.5) is 0 Å². The van der Waals surface area contributed by atoms with Gasteiger partial charge >= 0.3 is 5.97 Å². The van der Waals surface area contributed by atoms with E-state index in [1.807, 2.05) is 24.3 Å². The number of methoxy groups -OCH3 is 1. The lowest BCUT2D eigenvalue weighted by Crippen LogP contribution is -2.03. The van der Waals surface area contributed by atoms with Gasteiger partial charge in [-0.3, -0.25) is 4.79 Å². The number of hydrogen-bond donors (Lipinski definition) is 0. The van der Waals surface area contributed by atoms with Gasteiger partial charge in [0, 0.05) is 20.8 Å². The minimum Gasteiger partial charge on any atom is -0.469 e. The number of carbonyl (C=O) groups excluding carboxylic acids is 1. The second-order valence-corrected chi connectivity index (χ2v) is 6.42. The minimum atomic E-state index is -0.182. The number of hydrogen-bond acceptors (Lipinski definition) is 3. The molecule has 0 fully saturated rings. The van der Waals surface area contributed by atoms with Gasteiger partial charge in [-0.15, -0.1) is 0 Å². The van der Waals surface area contributed by atoms with Crippen molar-refractivity contribution in [3.8, 4) is 0 Å². The molecule has 112 valence electrons. The van der Waals surface area contributed by atoms with Crippen LogP contribution < -0.4 is 0 Å². The maximum absolute atomic E-state index is 11.4. The summed E-state index contributed by atoms with van der Waals surface area (Å²) in [4.78, 5) is 16.2. The van der Waals surface area contributed by atoms with Crippen molar-refractivity contribution < 1.29 is 9.53 Å². The molecule has 0 aliphatic rings. The van der Waals surface area contributed by atoms with Crippen molar-refractivity contribution in [3.63, 3.8) is 0 Å². The Balaban J connectivity index is 2.22. The topological polar surface area (TPSA) is 39.2 Å². The van der Waals surface area contributed by atoms with Crippen LogP contribution in [0.15, 0.2) is 36.4 Å². The number of rotatable bonds is 3. The van der Waals surface area contributed by atoms with Crippen LogP contribution in [0.3, 0.4) is 0 Å². The molecule has 0 atom stereocenters. The van der Waals surface area contributed by atoms with E-state index < -0.39 is 0 Å². The van der Waals surface area contributed by atoms with E-state index in [0.717, 1.165) is 22.0 Å². The molecule has 0 N–H and O–H groups in total. The zero-order valence-electron chi connectivity index (χ0n) is 12.5. The Kier molecular flexibility index (Phi) is 4.29. The van der Waals surface area contributed by atoms with Crippen LogP contribution in [0.25, 0.3) is 21.8 Å². The van der Waals surface area contributed by atoms with E-state index in [2.05, 4.69) is 41.6 Å². The number of halogens is 1.